The van der Waals surface area contributed by atoms with Gasteiger partial charge in [0.05, 0.1) is 16.8 Å². The van der Waals surface area contributed by atoms with Gasteiger partial charge >= 0.3 is 0 Å². The first-order valence-electron chi connectivity index (χ1n) is 8.46. The molecular formula is C22H16ClN3S. The van der Waals surface area contributed by atoms with Crippen LogP contribution in [0.3, 0.4) is 0 Å². The fraction of sp³-hybridized carbons (Fsp3) is 0. The van der Waals surface area contributed by atoms with Crippen LogP contribution in [-0.2, 0) is 0 Å². The molecule has 5 heteroatoms. The van der Waals surface area contributed by atoms with Gasteiger partial charge in [0.1, 0.15) is 0 Å². The molecule has 0 radical (unpaired) electrons. The van der Waals surface area contributed by atoms with Gasteiger partial charge in [-0.3, -0.25) is 5.43 Å². The molecule has 132 valence electrons. The van der Waals surface area contributed by atoms with Gasteiger partial charge in [0.2, 0.25) is 5.13 Å². The second-order valence-electron chi connectivity index (χ2n) is 5.85. The fourth-order valence-corrected chi connectivity index (χ4v) is 3.72. The predicted octanol–water partition coefficient (Wildman–Crippen LogP) is 6.58. The van der Waals surface area contributed by atoms with Crippen LogP contribution in [0, 0.1) is 0 Å². The molecule has 1 N–H and O–H groups in total. The number of nitrogens with zero attached hydrogens (tertiary/aromatic N) is 2. The van der Waals surface area contributed by atoms with Gasteiger partial charge in [0.25, 0.3) is 0 Å². The summed E-state index contributed by atoms with van der Waals surface area (Å²) in [6.07, 6.45) is 1.75. The summed E-state index contributed by atoms with van der Waals surface area (Å²) in [5, 5.41) is 5.77. The molecular weight excluding hydrogens is 374 g/mol. The number of anilines is 1. The summed E-state index contributed by atoms with van der Waals surface area (Å²) in [6.45, 7) is 0. The average Bonchev–Trinajstić information content (AvgIpc) is 3.15. The van der Waals surface area contributed by atoms with E-state index in [2.05, 4.69) is 34.8 Å². The molecule has 0 aliphatic rings. The lowest BCUT2D eigenvalue weighted by molar-refractivity contribution is 1.29. The van der Waals surface area contributed by atoms with Gasteiger partial charge in [-0.05, 0) is 23.3 Å². The van der Waals surface area contributed by atoms with Crippen molar-refractivity contribution in [2.75, 3.05) is 5.43 Å². The van der Waals surface area contributed by atoms with E-state index in [1.807, 2.05) is 60.7 Å². The van der Waals surface area contributed by atoms with E-state index in [4.69, 9.17) is 16.6 Å². The third-order valence-electron chi connectivity index (χ3n) is 3.95. The highest BCUT2D eigenvalue weighted by atomic mass is 35.5. The number of hydrogen-bond donors (Lipinski definition) is 1. The summed E-state index contributed by atoms with van der Waals surface area (Å²) in [4.78, 5) is 5.89. The quantitative estimate of drug-likeness (QED) is 0.309. The van der Waals surface area contributed by atoms with Crippen molar-refractivity contribution in [3.63, 3.8) is 0 Å². The van der Waals surface area contributed by atoms with E-state index < -0.39 is 0 Å². The van der Waals surface area contributed by atoms with E-state index >= 15 is 0 Å². The van der Waals surface area contributed by atoms with Crippen LogP contribution in [0.15, 0.2) is 90.0 Å². The van der Waals surface area contributed by atoms with Gasteiger partial charge in [-0.15, -0.1) is 0 Å². The normalized spacial score (nSPS) is 11.0. The van der Waals surface area contributed by atoms with Crippen LogP contribution >= 0.6 is 22.9 Å². The maximum atomic E-state index is 5.91. The first-order valence-corrected chi connectivity index (χ1v) is 9.65. The van der Waals surface area contributed by atoms with E-state index in [-0.39, 0.29) is 0 Å². The molecule has 0 saturated carbocycles. The van der Waals surface area contributed by atoms with Gasteiger partial charge in [-0.2, -0.15) is 5.10 Å². The Hall–Kier alpha value is -2.95. The molecule has 0 atom stereocenters. The SMILES string of the molecule is Clc1ccc(/C=N\Nc2nc(-c3ccccc3)c(-c3ccccc3)s2)cc1. The monoisotopic (exact) mass is 389 g/mol. The summed E-state index contributed by atoms with van der Waals surface area (Å²) >= 11 is 7.50. The van der Waals surface area contributed by atoms with Gasteiger partial charge in [0.15, 0.2) is 0 Å². The largest absolute Gasteiger partial charge is 0.253 e. The molecule has 0 aliphatic heterocycles. The van der Waals surface area contributed by atoms with Crippen LogP contribution in [0.5, 0.6) is 0 Å². The Morgan fingerprint density at radius 2 is 1.44 bits per heavy atom. The van der Waals surface area contributed by atoms with Crippen LogP contribution in [-0.4, -0.2) is 11.2 Å². The van der Waals surface area contributed by atoms with Gasteiger partial charge in [0, 0.05) is 10.6 Å². The average molecular weight is 390 g/mol. The minimum absolute atomic E-state index is 0.708. The Morgan fingerprint density at radius 1 is 0.815 bits per heavy atom. The van der Waals surface area contributed by atoms with Crippen molar-refractivity contribution in [3.05, 3.63) is 95.5 Å². The highest BCUT2D eigenvalue weighted by Crippen LogP contribution is 2.38. The summed E-state index contributed by atoms with van der Waals surface area (Å²) in [6, 6.07) is 28.0. The molecule has 4 rings (SSSR count). The number of rotatable bonds is 5. The van der Waals surface area contributed by atoms with Gasteiger partial charge < -0.3 is 0 Å². The number of benzene rings is 3. The minimum atomic E-state index is 0.708. The summed E-state index contributed by atoms with van der Waals surface area (Å²) in [7, 11) is 0. The Morgan fingerprint density at radius 3 is 2.11 bits per heavy atom. The number of nitrogens with one attached hydrogen (secondary N) is 1. The van der Waals surface area contributed by atoms with E-state index in [0.717, 1.165) is 32.4 Å². The van der Waals surface area contributed by atoms with Crippen LogP contribution in [0.1, 0.15) is 5.56 Å². The van der Waals surface area contributed by atoms with E-state index in [1.54, 1.807) is 17.6 Å². The molecule has 0 amide bonds. The fourth-order valence-electron chi connectivity index (χ4n) is 2.66. The molecule has 0 unspecified atom stereocenters. The van der Waals surface area contributed by atoms with E-state index in [1.165, 1.54) is 0 Å². The molecule has 27 heavy (non-hydrogen) atoms. The van der Waals surface area contributed by atoms with Crippen LogP contribution in [0.2, 0.25) is 5.02 Å². The number of aromatic nitrogens is 1. The van der Waals surface area contributed by atoms with Crippen molar-refractivity contribution in [1.82, 2.24) is 4.98 Å². The van der Waals surface area contributed by atoms with Crippen LogP contribution in [0.4, 0.5) is 5.13 Å². The van der Waals surface area contributed by atoms with Gasteiger partial charge in [-0.1, -0.05) is 95.7 Å². The summed E-state index contributed by atoms with van der Waals surface area (Å²) < 4.78 is 0. The molecule has 0 spiro atoms. The maximum Gasteiger partial charge on any atom is 0.204 e. The zero-order chi connectivity index (χ0) is 18.5. The molecule has 0 bridgehead atoms. The lowest BCUT2D eigenvalue weighted by Gasteiger charge is -2.02. The third-order valence-corrected chi connectivity index (χ3v) is 5.22. The number of hydrogen-bond acceptors (Lipinski definition) is 4. The Bertz CT molecular complexity index is 985. The standard InChI is InChI=1S/C22H16ClN3S/c23-19-13-11-16(12-14-19)15-24-26-22-25-20(17-7-3-1-4-8-17)21(27-22)18-9-5-2-6-10-18/h1-15H,(H,25,26)/b24-15-. The third kappa shape index (κ3) is 4.25. The highest BCUT2D eigenvalue weighted by Gasteiger charge is 2.14. The minimum Gasteiger partial charge on any atom is -0.253 e. The topological polar surface area (TPSA) is 37.3 Å². The van der Waals surface area contributed by atoms with E-state index in [9.17, 15) is 0 Å². The van der Waals surface area contributed by atoms with Gasteiger partial charge in [-0.25, -0.2) is 4.98 Å². The second-order valence-corrected chi connectivity index (χ2v) is 7.29. The van der Waals surface area contributed by atoms with Crippen molar-refractivity contribution in [2.45, 2.75) is 0 Å². The molecule has 4 aromatic rings. The zero-order valence-electron chi connectivity index (χ0n) is 14.3. The van der Waals surface area contributed by atoms with E-state index in [0.29, 0.717) is 5.02 Å². The van der Waals surface area contributed by atoms with Crippen LogP contribution in [0.25, 0.3) is 21.7 Å². The molecule has 0 aliphatic carbocycles. The number of thiazole rings is 1. The molecule has 1 heterocycles. The number of halogens is 1. The van der Waals surface area contributed by atoms with Crippen LogP contribution < -0.4 is 5.43 Å². The molecule has 0 saturated heterocycles. The Kier molecular flexibility index (Phi) is 5.28. The van der Waals surface area contributed by atoms with Crippen molar-refractivity contribution >= 4 is 34.3 Å². The maximum absolute atomic E-state index is 5.91. The molecule has 0 fully saturated rings. The first kappa shape index (κ1) is 17.5. The molecule has 3 nitrogen and oxygen atoms in total. The van der Waals surface area contributed by atoms with Crippen molar-refractivity contribution < 1.29 is 0 Å². The smallest absolute Gasteiger partial charge is 0.204 e. The lowest BCUT2D eigenvalue weighted by Crippen LogP contribution is -1.90. The van der Waals surface area contributed by atoms with Crippen molar-refractivity contribution in [1.29, 1.82) is 0 Å². The Balaban J connectivity index is 1.64. The molecule has 1 aromatic heterocycles. The summed E-state index contributed by atoms with van der Waals surface area (Å²) in [5.74, 6) is 0. The zero-order valence-corrected chi connectivity index (χ0v) is 15.9. The Labute approximate surface area is 167 Å². The first-order chi connectivity index (χ1) is 13.3. The lowest BCUT2D eigenvalue weighted by atomic mass is 10.1. The predicted molar refractivity (Wildman–Crippen MR) is 116 cm³/mol. The summed E-state index contributed by atoms with van der Waals surface area (Å²) in [5.41, 5.74) is 7.20. The molecule has 3 aromatic carbocycles. The second kappa shape index (κ2) is 8.16. The number of hydrazone groups is 1. The van der Waals surface area contributed by atoms with Crippen molar-refractivity contribution in [3.8, 4) is 21.7 Å². The highest BCUT2D eigenvalue weighted by molar-refractivity contribution is 7.19. The van der Waals surface area contributed by atoms with Crippen molar-refractivity contribution in [2.24, 2.45) is 5.10 Å².